The monoisotopic (exact) mass is 846 g/mol. The van der Waals surface area contributed by atoms with Crippen molar-refractivity contribution in [3.8, 4) is 62.5 Å². The molecule has 60 heavy (non-hydrogen) atoms. The molecule has 0 radical (unpaired) electrons. The summed E-state index contributed by atoms with van der Waals surface area (Å²) in [4.78, 5) is 0. The highest BCUT2D eigenvalue weighted by atomic mass is 31.1. The Kier molecular flexibility index (Phi) is 13.2. The molecular weight excluding hydrogens is 806 g/mol. The lowest BCUT2D eigenvalue weighted by molar-refractivity contribution is -0.146. The average Bonchev–Trinajstić information content (AvgIpc) is 3.72. The summed E-state index contributed by atoms with van der Waals surface area (Å²) >= 11 is 0. The van der Waals surface area contributed by atoms with Gasteiger partial charge in [-0.25, -0.2) is 22.0 Å². The second kappa shape index (κ2) is 18.7. The van der Waals surface area contributed by atoms with Crippen LogP contribution in [0.2, 0.25) is 0 Å². The maximum absolute atomic E-state index is 16.5. The number of ether oxygens (including phenoxy) is 8. The molecule has 312 valence electrons. The van der Waals surface area contributed by atoms with Gasteiger partial charge >= 0.3 is 0 Å². The number of hydrogen-bond acceptors (Lipinski definition) is 8. The molecule has 6 aromatic carbocycles. The van der Waals surface area contributed by atoms with Crippen molar-refractivity contribution in [2.75, 3.05) is 41.3 Å². The highest BCUT2D eigenvalue weighted by Crippen LogP contribution is 2.57. The first-order valence-electron chi connectivity index (χ1n) is 18.8. The molecule has 8 nitrogen and oxygen atoms in total. The summed E-state index contributed by atoms with van der Waals surface area (Å²) in [5.41, 5.74) is -0.926. The van der Waals surface area contributed by atoms with Crippen LogP contribution in [0, 0.1) is 29.1 Å². The maximum atomic E-state index is 16.5. The molecule has 1 aliphatic heterocycles. The fourth-order valence-electron chi connectivity index (χ4n) is 6.91. The fraction of sp³-hybridized carbons (Fsp3) is 0.217. The highest BCUT2D eigenvalue weighted by molar-refractivity contribution is 7.56. The zero-order chi connectivity index (χ0) is 42.4. The van der Waals surface area contributed by atoms with E-state index in [1.165, 1.54) is 21.3 Å². The summed E-state index contributed by atoms with van der Waals surface area (Å²) in [7, 11) is 3.65. The Morgan fingerprint density at radius 3 is 1.60 bits per heavy atom. The van der Waals surface area contributed by atoms with E-state index in [1.807, 2.05) is 31.2 Å². The lowest BCUT2D eigenvalue weighted by atomic mass is 9.92. The molecule has 1 heterocycles. The minimum atomic E-state index is -2.34. The molecular formula is C46H40F5O8P. The molecule has 0 amide bonds. The van der Waals surface area contributed by atoms with Gasteiger partial charge in [-0.3, -0.25) is 0 Å². The van der Waals surface area contributed by atoms with Gasteiger partial charge in [0.1, 0.15) is 28.7 Å². The zero-order valence-electron chi connectivity index (χ0n) is 33.0. The van der Waals surface area contributed by atoms with Gasteiger partial charge in [-0.2, -0.15) is 0 Å². The van der Waals surface area contributed by atoms with Crippen molar-refractivity contribution in [3.05, 3.63) is 138 Å². The van der Waals surface area contributed by atoms with Gasteiger partial charge in [-0.1, -0.05) is 75.3 Å². The van der Waals surface area contributed by atoms with E-state index in [1.54, 1.807) is 78.9 Å². The molecule has 0 N–H and O–H groups in total. The molecule has 1 atom stereocenters. The van der Waals surface area contributed by atoms with E-state index in [9.17, 15) is 4.39 Å². The normalized spacial score (nSPS) is 13.5. The summed E-state index contributed by atoms with van der Waals surface area (Å²) in [6.07, 6.45) is 0.967. The molecule has 1 fully saturated rings. The lowest BCUT2D eigenvalue weighted by Gasteiger charge is -2.28. The Labute approximate surface area is 345 Å². The van der Waals surface area contributed by atoms with Crippen molar-refractivity contribution in [3.63, 3.8) is 0 Å². The number of methoxy groups -OCH3 is 3. The van der Waals surface area contributed by atoms with Crippen LogP contribution in [0.3, 0.4) is 0 Å². The molecule has 0 aliphatic carbocycles. The summed E-state index contributed by atoms with van der Waals surface area (Å²) in [6.45, 7) is 2.21. The number of halogens is 5. The number of aryl methyl sites for hydroxylation is 1. The molecule has 7 rings (SSSR count). The average molecular weight is 847 g/mol. The van der Waals surface area contributed by atoms with Crippen LogP contribution in [-0.2, 0) is 20.6 Å². The molecule has 1 unspecified atom stereocenters. The van der Waals surface area contributed by atoms with Gasteiger partial charge in [0.2, 0.25) is 5.82 Å². The van der Waals surface area contributed by atoms with Crippen LogP contribution in [0.5, 0.6) is 40.2 Å². The SMILES string of the molecule is COCOc1c(-c2c(OC)cccc2OC)c(Oc2ccccc2)c(Pc2ccccc2CCC2(C)OCCO2)c(Oc2ccccc2)c1-c1c(F)c(F)c(F)c(F)c1F. The maximum Gasteiger partial charge on any atom is 0.200 e. The predicted molar refractivity (Wildman–Crippen MR) is 218 cm³/mol. The van der Waals surface area contributed by atoms with Crippen LogP contribution in [0.15, 0.2) is 103 Å². The third kappa shape index (κ3) is 8.62. The number of benzene rings is 6. The molecule has 0 aromatic heterocycles. The van der Waals surface area contributed by atoms with E-state index in [-0.39, 0.29) is 45.2 Å². The van der Waals surface area contributed by atoms with Crippen LogP contribution in [0.1, 0.15) is 18.9 Å². The standard InChI is InChI=1S/C46H40F5O8P/c1-46(56-24-25-57-46)23-22-27-14-11-12-21-32(27)60-45-43(58-28-15-7-5-8-16-28)35(33-30(53-3)19-13-20-31(33)54-4)42(55-26-52-2)36(44(45)59-29-17-9-6-10-18-29)34-37(47)39(49)41(51)40(50)38(34)48/h5-21,60H,22-26H2,1-4H3. The minimum absolute atomic E-state index is 0.0233. The highest BCUT2D eigenvalue weighted by Gasteiger charge is 2.38. The largest absolute Gasteiger partial charge is 0.496 e. The van der Waals surface area contributed by atoms with E-state index < -0.39 is 67.1 Å². The lowest BCUT2D eigenvalue weighted by Crippen LogP contribution is -2.27. The first-order valence-corrected chi connectivity index (χ1v) is 19.8. The van der Waals surface area contributed by atoms with Crippen LogP contribution < -0.4 is 34.3 Å². The Morgan fingerprint density at radius 1 is 0.567 bits per heavy atom. The van der Waals surface area contributed by atoms with Crippen LogP contribution in [0.25, 0.3) is 22.3 Å². The van der Waals surface area contributed by atoms with Gasteiger partial charge in [-0.05, 0) is 60.6 Å². The molecule has 0 saturated carbocycles. The van der Waals surface area contributed by atoms with Crippen molar-refractivity contribution < 1.29 is 59.8 Å². The Hall–Kier alpha value is -5.72. The second-order valence-corrected chi connectivity index (χ2v) is 14.9. The molecule has 6 aromatic rings. The van der Waals surface area contributed by atoms with Crippen molar-refractivity contribution in [1.29, 1.82) is 0 Å². The summed E-state index contributed by atoms with van der Waals surface area (Å²) in [6, 6.07) is 29.3. The summed E-state index contributed by atoms with van der Waals surface area (Å²) in [5.74, 6) is -11.6. The van der Waals surface area contributed by atoms with Crippen LogP contribution in [0.4, 0.5) is 22.0 Å². The van der Waals surface area contributed by atoms with E-state index in [2.05, 4.69) is 0 Å². The predicted octanol–water partition coefficient (Wildman–Crippen LogP) is 10.6. The van der Waals surface area contributed by atoms with Crippen LogP contribution >= 0.6 is 8.58 Å². The van der Waals surface area contributed by atoms with Gasteiger partial charge in [0.25, 0.3) is 0 Å². The van der Waals surface area contributed by atoms with E-state index >= 15 is 17.6 Å². The Bertz CT molecular complexity index is 2410. The topological polar surface area (TPSA) is 73.8 Å². The molecule has 0 bridgehead atoms. The quantitative estimate of drug-likeness (QED) is 0.0314. The molecule has 1 saturated heterocycles. The first-order chi connectivity index (χ1) is 29.1. The van der Waals surface area contributed by atoms with E-state index in [0.29, 0.717) is 31.8 Å². The number of para-hydroxylation sites is 2. The number of rotatable bonds is 16. The summed E-state index contributed by atoms with van der Waals surface area (Å²) in [5, 5.41) is 0.906. The van der Waals surface area contributed by atoms with Gasteiger partial charge < -0.3 is 37.9 Å². The molecule has 14 heteroatoms. The Morgan fingerprint density at radius 2 is 1.07 bits per heavy atom. The van der Waals surface area contributed by atoms with Crippen molar-refractivity contribution in [2.24, 2.45) is 0 Å². The smallest absolute Gasteiger partial charge is 0.200 e. The van der Waals surface area contributed by atoms with E-state index in [0.717, 1.165) is 10.9 Å². The van der Waals surface area contributed by atoms with Gasteiger partial charge in [0.15, 0.2) is 47.3 Å². The van der Waals surface area contributed by atoms with Gasteiger partial charge in [-0.15, -0.1) is 0 Å². The third-order valence-electron chi connectivity index (χ3n) is 9.77. The molecule has 1 aliphatic rings. The zero-order valence-corrected chi connectivity index (χ0v) is 34.0. The second-order valence-electron chi connectivity index (χ2n) is 13.6. The van der Waals surface area contributed by atoms with Crippen molar-refractivity contribution in [1.82, 2.24) is 0 Å². The van der Waals surface area contributed by atoms with E-state index in [4.69, 9.17) is 37.9 Å². The van der Waals surface area contributed by atoms with Crippen LogP contribution in [-0.4, -0.2) is 47.1 Å². The van der Waals surface area contributed by atoms with Gasteiger partial charge in [0, 0.05) is 13.5 Å². The van der Waals surface area contributed by atoms with Crippen molar-refractivity contribution in [2.45, 2.75) is 25.6 Å². The fourth-order valence-corrected chi connectivity index (χ4v) is 8.31. The Balaban J connectivity index is 1.67. The number of hydrogen-bond donors (Lipinski definition) is 0. The van der Waals surface area contributed by atoms with Crippen molar-refractivity contribution >= 4 is 19.2 Å². The van der Waals surface area contributed by atoms with Gasteiger partial charge in [0.05, 0.1) is 55.0 Å². The molecule has 0 spiro atoms. The first kappa shape index (κ1) is 42.4. The summed E-state index contributed by atoms with van der Waals surface area (Å²) < 4.78 is 127. The third-order valence-corrected chi connectivity index (χ3v) is 11.2. The minimum Gasteiger partial charge on any atom is -0.496 e.